The Balaban J connectivity index is 1.65. The lowest BCUT2D eigenvalue weighted by Gasteiger charge is -2.29. The molecule has 1 N–H and O–H groups in total. The van der Waals surface area contributed by atoms with E-state index in [1.54, 1.807) is 0 Å². The summed E-state index contributed by atoms with van der Waals surface area (Å²) in [6.45, 7) is 2.11. The second-order valence-corrected chi connectivity index (χ2v) is 5.53. The molecule has 0 unspecified atom stereocenters. The Morgan fingerprint density at radius 2 is 2.00 bits per heavy atom. The summed E-state index contributed by atoms with van der Waals surface area (Å²) in [5.74, 6) is -0.470. The molecule has 6 nitrogen and oxygen atoms in total. The van der Waals surface area contributed by atoms with Gasteiger partial charge in [0.15, 0.2) is 0 Å². The Morgan fingerprint density at radius 1 is 1.32 bits per heavy atom. The molecule has 0 radical (unpaired) electrons. The highest BCUT2D eigenvalue weighted by molar-refractivity contribution is 5.85. The number of piperidine rings is 1. The number of carboxylic acids is 1. The Labute approximate surface area is 128 Å². The first kappa shape index (κ1) is 14.6. The minimum Gasteiger partial charge on any atom is -0.490 e. The zero-order valence-electron chi connectivity index (χ0n) is 12.4. The molecule has 0 aliphatic carbocycles. The summed E-state index contributed by atoms with van der Waals surface area (Å²) < 4.78 is 10.7. The van der Waals surface area contributed by atoms with Gasteiger partial charge in [-0.05, 0) is 44.2 Å². The molecule has 2 aromatic rings. The summed E-state index contributed by atoms with van der Waals surface area (Å²) in [7, 11) is 2.12. The van der Waals surface area contributed by atoms with Gasteiger partial charge in [-0.25, -0.2) is 4.79 Å². The van der Waals surface area contributed by atoms with Crippen LogP contribution < -0.4 is 4.74 Å². The van der Waals surface area contributed by atoms with Gasteiger partial charge in [0.2, 0.25) is 5.76 Å². The molecule has 0 saturated carbocycles. The fraction of sp³-hybridized carbons (Fsp3) is 0.375. The van der Waals surface area contributed by atoms with Crippen LogP contribution in [0.25, 0.3) is 11.3 Å². The molecule has 0 bridgehead atoms. The van der Waals surface area contributed by atoms with Crippen molar-refractivity contribution in [2.45, 2.75) is 18.9 Å². The van der Waals surface area contributed by atoms with Crippen molar-refractivity contribution in [3.05, 3.63) is 36.1 Å². The van der Waals surface area contributed by atoms with Gasteiger partial charge in [-0.1, -0.05) is 5.16 Å². The van der Waals surface area contributed by atoms with Gasteiger partial charge in [-0.2, -0.15) is 0 Å². The molecule has 22 heavy (non-hydrogen) atoms. The Hall–Kier alpha value is -2.34. The quantitative estimate of drug-likeness (QED) is 0.935. The zero-order valence-corrected chi connectivity index (χ0v) is 12.4. The van der Waals surface area contributed by atoms with Gasteiger partial charge in [0.05, 0.1) is 0 Å². The number of carboxylic acid groups (broad SMARTS) is 1. The number of rotatable bonds is 4. The molecule has 116 valence electrons. The van der Waals surface area contributed by atoms with Gasteiger partial charge in [0, 0.05) is 24.7 Å². The maximum absolute atomic E-state index is 10.8. The average molecular weight is 302 g/mol. The van der Waals surface area contributed by atoms with E-state index in [9.17, 15) is 4.79 Å². The van der Waals surface area contributed by atoms with E-state index in [2.05, 4.69) is 17.1 Å². The molecule has 1 aromatic heterocycles. The lowest BCUT2D eigenvalue weighted by molar-refractivity contribution is 0.0652. The molecule has 1 aliphatic heterocycles. The van der Waals surface area contributed by atoms with Crippen LogP contribution in [0.2, 0.25) is 0 Å². The molecule has 3 rings (SSSR count). The minimum atomic E-state index is -1.12. The van der Waals surface area contributed by atoms with Crippen LogP contribution in [-0.4, -0.2) is 47.4 Å². The van der Waals surface area contributed by atoms with Gasteiger partial charge in [-0.3, -0.25) is 0 Å². The zero-order chi connectivity index (χ0) is 15.5. The van der Waals surface area contributed by atoms with E-state index < -0.39 is 5.97 Å². The third kappa shape index (κ3) is 3.28. The summed E-state index contributed by atoms with van der Waals surface area (Å²) in [6.07, 6.45) is 2.32. The standard InChI is InChI=1S/C16H18N2O4/c1-18-8-6-13(7-9-18)21-12-4-2-11(3-5-12)14-10-15(16(19)20)22-17-14/h2-5,10,13H,6-9H2,1H3,(H,19,20). The molecular weight excluding hydrogens is 284 g/mol. The van der Waals surface area contributed by atoms with Crippen molar-refractivity contribution >= 4 is 5.97 Å². The van der Waals surface area contributed by atoms with Crippen molar-refractivity contribution < 1.29 is 19.2 Å². The molecule has 1 aliphatic rings. The Kier molecular flexibility index (Phi) is 4.11. The highest BCUT2D eigenvalue weighted by Crippen LogP contribution is 2.24. The average Bonchev–Trinajstić information content (AvgIpc) is 3.00. The third-order valence-corrected chi connectivity index (χ3v) is 3.84. The lowest BCUT2D eigenvalue weighted by atomic mass is 10.1. The molecule has 1 aromatic carbocycles. The molecule has 1 fully saturated rings. The second-order valence-electron chi connectivity index (χ2n) is 5.53. The monoisotopic (exact) mass is 302 g/mol. The van der Waals surface area contributed by atoms with E-state index in [1.807, 2.05) is 24.3 Å². The number of ether oxygens (including phenoxy) is 1. The van der Waals surface area contributed by atoms with Gasteiger partial charge in [0.1, 0.15) is 17.5 Å². The Bertz CT molecular complexity index is 642. The second kappa shape index (κ2) is 6.19. The minimum absolute atomic E-state index is 0.165. The highest BCUT2D eigenvalue weighted by Gasteiger charge is 2.18. The molecule has 0 atom stereocenters. The number of aromatic nitrogens is 1. The first-order valence-electron chi connectivity index (χ1n) is 7.27. The highest BCUT2D eigenvalue weighted by atomic mass is 16.5. The smallest absolute Gasteiger partial charge is 0.374 e. The maximum Gasteiger partial charge on any atom is 0.374 e. The number of nitrogens with zero attached hydrogens (tertiary/aromatic N) is 2. The van der Waals surface area contributed by atoms with Crippen LogP contribution in [0.4, 0.5) is 0 Å². The van der Waals surface area contributed by atoms with E-state index in [0.717, 1.165) is 37.2 Å². The van der Waals surface area contributed by atoms with E-state index in [4.69, 9.17) is 14.4 Å². The number of likely N-dealkylation sites (tertiary alicyclic amines) is 1. The van der Waals surface area contributed by atoms with Crippen molar-refractivity contribution in [3.8, 4) is 17.0 Å². The third-order valence-electron chi connectivity index (χ3n) is 3.84. The Morgan fingerprint density at radius 3 is 2.59 bits per heavy atom. The first-order chi connectivity index (χ1) is 10.6. The van der Waals surface area contributed by atoms with Crippen LogP contribution >= 0.6 is 0 Å². The number of aromatic carboxylic acids is 1. The fourth-order valence-electron chi connectivity index (χ4n) is 2.51. The van der Waals surface area contributed by atoms with Crippen LogP contribution in [0.5, 0.6) is 5.75 Å². The summed E-state index contributed by atoms with van der Waals surface area (Å²) in [5.41, 5.74) is 1.30. The van der Waals surface area contributed by atoms with E-state index in [1.165, 1.54) is 6.07 Å². The SMILES string of the molecule is CN1CCC(Oc2ccc(-c3cc(C(=O)O)on3)cc2)CC1. The molecule has 1 saturated heterocycles. The normalized spacial score (nSPS) is 16.6. The van der Waals surface area contributed by atoms with Crippen LogP contribution in [0.1, 0.15) is 23.4 Å². The van der Waals surface area contributed by atoms with Gasteiger partial charge in [-0.15, -0.1) is 0 Å². The van der Waals surface area contributed by atoms with Crippen molar-refractivity contribution in [1.82, 2.24) is 10.1 Å². The summed E-state index contributed by atoms with van der Waals surface area (Å²) in [6, 6.07) is 8.88. The predicted octanol–water partition coefficient (Wildman–Crippen LogP) is 2.51. The van der Waals surface area contributed by atoms with E-state index in [-0.39, 0.29) is 11.9 Å². The van der Waals surface area contributed by atoms with Crippen molar-refractivity contribution in [2.75, 3.05) is 20.1 Å². The van der Waals surface area contributed by atoms with E-state index in [0.29, 0.717) is 5.69 Å². The lowest BCUT2D eigenvalue weighted by Crippen LogP contribution is -2.35. The van der Waals surface area contributed by atoms with Crippen molar-refractivity contribution in [2.24, 2.45) is 0 Å². The first-order valence-corrected chi connectivity index (χ1v) is 7.27. The van der Waals surface area contributed by atoms with Gasteiger partial charge < -0.3 is 19.3 Å². The number of hydrogen-bond donors (Lipinski definition) is 1. The maximum atomic E-state index is 10.8. The van der Waals surface area contributed by atoms with Crippen molar-refractivity contribution in [3.63, 3.8) is 0 Å². The fourth-order valence-corrected chi connectivity index (χ4v) is 2.51. The summed E-state index contributed by atoms with van der Waals surface area (Å²) in [5, 5.41) is 12.6. The van der Waals surface area contributed by atoms with Crippen LogP contribution in [0, 0.1) is 0 Å². The van der Waals surface area contributed by atoms with Crippen LogP contribution in [-0.2, 0) is 0 Å². The molecule has 0 amide bonds. The summed E-state index contributed by atoms with van der Waals surface area (Å²) >= 11 is 0. The van der Waals surface area contributed by atoms with Crippen LogP contribution in [0.3, 0.4) is 0 Å². The van der Waals surface area contributed by atoms with E-state index >= 15 is 0 Å². The summed E-state index contributed by atoms with van der Waals surface area (Å²) in [4.78, 5) is 13.1. The number of hydrogen-bond acceptors (Lipinski definition) is 5. The largest absolute Gasteiger partial charge is 0.490 e. The topological polar surface area (TPSA) is 75.8 Å². The van der Waals surface area contributed by atoms with Gasteiger partial charge in [0.25, 0.3) is 0 Å². The molecular formula is C16H18N2O4. The number of carbonyl (C=O) groups is 1. The predicted molar refractivity (Wildman–Crippen MR) is 80.0 cm³/mol. The van der Waals surface area contributed by atoms with Crippen molar-refractivity contribution in [1.29, 1.82) is 0 Å². The number of benzene rings is 1. The van der Waals surface area contributed by atoms with Gasteiger partial charge >= 0.3 is 5.97 Å². The molecule has 2 heterocycles. The molecule has 6 heteroatoms. The van der Waals surface area contributed by atoms with Crippen LogP contribution in [0.15, 0.2) is 34.9 Å². The molecule has 0 spiro atoms.